The number of hydrogen-bond acceptors (Lipinski definition) is 6. The van der Waals surface area contributed by atoms with Crippen molar-refractivity contribution in [2.24, 2.45) is 0 Å². The number of anilines is 1. The van der Waals surface area contributed by atoms with Crippen LogP contribution in [0.5, 0.6) is 0 Å². The zero-order valence-electron chi connectivity index (χ0n) is 18.1. The van der Waals surface area contributed by atoms with Crippen LogP contribution in [0.2, 0.25) is 0 Å². The van der Waals surface area contributed by atoms with Gasteiger partial charge in [0.2, 0.25) is 0 Å². The maximum absolute atomic E-state index is 13.6. The Morgan fingerprint density at radius 3 is 2.66 bits per heavy atom. The molecule has 2 saturated heterocycles. The molecule has 2 N–H and O–H groups in total. The Balaban J connectivity index is 1.46. The van der Waals surface area contributed by atoms with Crippen molar-refractivity contribution in [3.63, 3.8) is 0 Å². The largest absolute Gasteiger partial charge is 0.372 e. The maximum Gasteiger partial charge on any atom is 0.322 e. The molecule has 8 nitrogen and oxygen atoms in total. The second kappa shape index (κ2) is 9.33. The Kier molecular flexibility index (Phi) is 6.34. The highest BCUT2D eigenvalue weighted by molar-refractivity contribution is 6.07. The maximum atomic E-state index is 13.6. The molecule has 9 heteroatoms. The molecule has 3 heterocycles. The summed E-state index contributed by atoms with van der Waals surface area (Å²) in [6, 6.07) is 6.14. The Bertz CT molecular complexity index is 1010. The molecule has 4 rings (SSSR count). The van der Waals surface area contributed by atoms with Crippen molar-refractivity contribution in [2.75, 3.05) is 31.1 Å². The van der Waals surface area contributed by atoms with Gasteiger partial charge in [0.1, 0.15) is 5.82 Å². The number of urea groups is 1. The topological polar surface area (TPSA) is 90.5 Å². The standard InChI is InChI=1S/C23H27FN6O2/c1-2-4-18(29-11-13-30(14-12-29)19-6-3-5-17(24)15-19)7-8-23(20-16-25-9-10-26-20)21(31)27-22(32)28-23/h3-6,9-10,15-16H,2,7-8,11-14H2,1H3,(H2,27,28,31,32)/b18-4+. The van der Waals surface area contributed by atoms with E-state index in [1.54, 1.807) is 12.1 Å². The smallest absolute Gasteiger partial charge is 0.322 e. The van der Waals surface area contributed by atoms with Crippen molar-refractivity contribution in [3.05, 3.63) is 66.1 Å². The van der Waals surface area contributed by atoms with Crippen LogP contribution >= 0.6 is 0 Å². The molecular weight excluding hydrogens is 411 g/mol. The molecule has 2 fully saturated rings. The van der Waals surface area contributed by atoms with E-state index in [1.807, 2.05) is 6.07 Å². The Morgan fingerprint density at radius 1 is 1.22 bits per heavy atom. The molecule has 2 aliphatic heterocycles. The number of allylic oxidation sites excluding steroid dienone is 2. The summed E-state index contributed by atoms with van der Waals surface area (Å²) in [7, 11) is 0. The Morgan fingerprint density at radius 2 is 2.03 bits per heavy atom. The fourth-order valence-electron chi connectivity index (χ4n) is 4.36. The van der Waals surface area contributed by atoms with Gasteiger partial charge in [0.05, 0.1) is 11.9 Å². The lowest BCUT2D eigenvalue weighted by Gasteiger charge is -2.39. The molecule has 0 radical (unpaired) electrons. The number of aromatic nitrogens is 2. The van der Waals surface area contributed by atoms with Crippen LogP contribution in [0.15, 0.2) is 54.6 Å². The van der Waals surface area contributed by atoms with Gasteiger partial charge in [-0.05, 0) is 37.5 Å². The summed E-state index contributed by atoms with van der Waals surface area (Å²) in [5.41, 5.74) is 1.21. The predicted molar refractivity (Wildman–Crippen MR) is 118 cm³/mol. The third-order valence-electron chi connectivity index (χ3n) is 6.00. The van der Waals surface area contributed by atoms with Crippen LogP contribution in [0.25, 0.3) is 0 Å². The van der Waals surface area contributed by atoms with Gasteiger partial charge in [-0.1, -0.05) is 19.1 Å². The lowest BCUT2D eigenvalue weighted by atomic mass is 9.88. The number of imide groups is 1. The number of carbonyl (C=O) groups is 2. The first-order valence-corrected chi connectivity index (χ1v) is 10.9. The van der Waals surface area contributed by atoms with Gasteiger partial charge in [0.25, 0.3) is 5.91 Å². The number of amides is 3. The third-order valence-corrected chi connectivity index (χ3v) is 6.00. The molecule has 2 aromatic rings. The minimum Gasteiger partial charge on any atom is -0.372 e. The van der Waals surface area contributed by atoms with Gasteiger partial charge in [-0.2, -0.15) is 0 Å². The minimum atomic E-state index is -1.23. The SMILES string of the molecule is CC/C=C(\CCC1(c2cnccn2)NC(=O)NC1=O)N1CCN(c2cccc(F)c2)CC1. The van der Waals surface area contributed by atoms with Crippen LogP contribution in [-0.2, 0) is 10.3 Å². The monoisotopic (exact) mass is 438 g/mol. The molecule has 1 aromatic carbocycles. The van der Waals surface area contributed by atoms with E-state index in [-0.39, 0.29) is 5.82 Å². The average molecular weight is 439 g/mol. The molecule has 1 aromatic heterocycles. The zero-order valence-corrected chi connectivity index (χ0v) is 18.1. The second-order valence-electron chi connectivity index (χ2n) is 7.96. The van der Waals surface area contributed by atoms with E-state index in [2.05, 4.69) is 43.4 Å². The van der Waals surface area contributed by atoms with Gasteiger partial charge in [-0.25, -0.2) is 9.18 Å². The Labute approximate surface area is 186 Å². The predicted octanol–water partition coefficient (Wildman–Crippen LogP) is 2.55. The fourth-order valence-corrected chi connectivity index (χ4v) is 4.36. The molecule has 3 amide bonds. The molecule has 0 spiro atoms. The number of carbonyl (C=O) groups excluding carboxylic acids is 2. The minimum absolute atomic E-state index is 0.234. The highest BCUT2D eigenvalue weighted by Gasteiger charge is 2.48. The van der Waals surface area contributed by atoms with E-state index >= 15 is 0 Å². The summed E-state index contributed by atoms with van der Waals surface area (Å²) in [5.74, 6) is -0.641. The number of nitrogens with zero attached hydrogens (tertiary/aromatic N) is 4. The highest BCUT2D eigenvalue weighted by Crippen LogP contribution is 2.31. The average Bonchev–Trinajstić information content (AvgIpc) is 3.11. The van der Waals surface area contributed by atoms with E-state index in [1.165, 1.54) is 24.7 Å². The van der Waals surface area contributed by atoms with Crippen molar-refractivity contribution in [1.29, 1.82) is 0 Å². The lowest BCUT2D eigenvalue weighted by molar-refractivity contribution is -0.124. The number of rotatable bonds is 7. The summed E-state index contributed by atoms with van der Waals surface area (Å²) >= 11 is 0. The fraction of sp³-hybridized carbons (Fsp3) is 0.391. The molecule has 1 unspecified atom stereocenters. The summed E-state index contributed by atoms with van der Waals surface area (Å²) in [4.78, 5) is 37.6. The van der Waals surface area contributed by atoms with Gasteiger partial charge >= 0.3 is 6.03 Å². The molecule has 168 valence electrons. The molecule has 0 saturated carbocycles. The van der Waals surface area contributed by atoms with E-state index in [0.29, 0.717) is 18.5 Å². The molecule has 0 bridgehead atoms. The molecule has 32 heavy (non-hydrogen) atoms. The number of halogens is 1. The zero-order chi connectivity index (χ0) is 22.6. The summed E-state index contributed by atoms with van der Waals surface area (Å²) in [6.07, 6.45) is 8.56. The van der Waals surface area contributed by atoms with Crippen LogP contribution in [0.3, 0.4) is 0 Å². The number of benzene rings is 1. The number of piperazine rings is 1. The van der Waals surface area contributed by atoms with Crippen LogP contribution < -0.4 is 15.5 Å². The molecule has 1 atom stereocenters. The summed E-state index contributed by atoms with van der Waals surface area (Å²) in [6.45, 7) is 5.21. The van der Waals surface area contributed by atoms with Gasteiger partial charge in [-0.3, -0.25) is 20.1 Å². The van der Waals surface area contributed by atoms with Crippen molar-refractivity contribution >= 4 is 17.6 Å². The quantitative estimate of drug-likeness (QED) is 0.646. The first-order chi connectivity index (χ1) is 15.5. The van der Waals surface area contributed by atoms with Crippen LogP contribution in [0, 0.1) is 5.82 Å². The normalized spacial score (nSPS) is 21.5. The molecule has 0 aliphatic carbocycles. The number of hydrogen-bond donors (Lipinski definition) is 2. The Hall–Kier alpha value is -3.49. The second-order valence-corrected chi connectivity index (χ2v) is 7.96. The first kappa shape index (κ1) is 21.7. The van der Waals surface area contributed by atoms with Crippen molar-refractivity contribution in [2.45, 2.75) is 31.7 Å². The van der Waals surface area contributed by atoms with E-state index in [4.69, 9.17) is 0 Å². The van der Waals surface area contributed by atoms with Crippen LogP contribution in [0.1, 0.15) is 31.9 Å². The molecule has 2 aliphatic rings. The van der Waals surface area contributed by atoms with E-state index in [0.717, 1.165) is 44.0 Å². The van der Waals surface area contributed by atoms with E-state index in [9.17, 15) is 14.0 Å². The van der Waals surface area contributed by atoms with Crippen LogP contribution in [-0.4, -0.2) is 53.0 Å². The van der Waals surface area contributed by atoms with Gasteiger partial charge in [-0.15, -0.1) is 0 Å². The van der Waals surface area contributed by atoms with E-state index < -0.39 is 17.5 Å². The van der Waals surface area contributed by atoms with Crippen molar-refractivity contribution in [1.82, 2.24) is 25.5 Å². The van der Waals surface area contributed by atoms with Crippen molar-refractivity contribution in [3.8, 4) is 0 Å². The third kappa shape index (κ3) is 4.42. The van der Waals surface area contributed by atoms with Gasteiger partial charge < -0.3 is 15.1 Å². The van der Waals surface area contributed by atoms with Gasteiger partial charge in [0, 0.05) is 50.0 Å². The summed E-state index contributed by atoms with van der Waals surface area (Å²) < 4.78 is 13.6. The molecular formula is C23H27FN6O2. The number of nitrogens with one attached hydrogen (secondary N) is 2. The first-order valence-electron chi connectivity index (χ1n) is 10.9. The lowest BCUT2D eigenvalue weighted by Crippen LogP contribution is -2.47. The van der Waals surface area contributed by atoms with Crippen LogP contribution in [0.4, 0.5) is 14.9 Å². The van der Waals surface area contributed by atoms with Gasteiger partial charge in [0.15, 0.2) is 5.54 Å². The highest BCUT2D eigenvalue weighted by atomic mass is 19.1. The summed E-state index contributed by atoms with van der Waals surface area (Å²) in [5, 5.41) is 5.12. The van der Waals surface area contributed by atoms with Crippen molar-refractivity contribution < 1.29 is 14.0 Å².